The van der Waals surface area contributed by atoms with Gasteiger partial charge in [0.2, 0.25) is 0 Å². The Balaban J connectivity index is 1.48. The van der Waals surface area contributed by atoms with Crippen LogP contribution in [0.1, 0.15) is 27.0 Å². The largest absolute Gasteiger partial charge is 0.348 e. The van der Waals surface area contributed by atoms with E-state index in [0.717, 1.165) is 28.7 Å². The van der Waals surface area contributed by atoms with Crippen LogP contribution in [-0.2, 0) is 19.4 Å². The zero-order valence-electron chi connectivity index (χ0n) is 18.1. The SMILES string of the molecule is O=C(NCc1ccccc1)c1ccc(-c2ccc([N+](=O)[O-])c(CCc3ccccc3)c2)cc1. The monoisotopic (exact) mass is 436 g/mol. The van der Waals surface area contributed by atoms with Crippen molar-refractivity contribution in [1.29, 1.82) is 0 Å². The van der Waals surface area contributed by atoms with Crippen LogP contribution >= 0.6 is 0 Å². The van der Waals surface area contributed by atoms with Gasteiger partial charge in [0, 0.05) is 23.7 Å². The van der Waals surface area contributed by atoms with Gasteiger partial charge in [0.25, 0.3) is 11.6 Å². The first-order chi connectivity index (χ1) is 16.1. The summed E-state index contributed by atoms with van der Waals surface area (Å²) in [6.45, 7) is 0.467. The van der Waals surface area contributed by atoms with Crippen LogP contribution in [0.4, 0.5) is 5.69 Å². The van der Waals surface area contributed by atoms with Gasteiger partial charge < -0.3 is 5.32 Å². The van der Waals surface area contributed by atoms with E-state index in [4.69, 9.17) is 0 Å². The molecule has 164 valence electrons. The van der Waals surface area contributed by atoms with Crippen LogP contribution in [-0.4, -0.2) is 10.8 Å². The van der Waals surface area contributed by atoms with Gasteiger partial charge in [-0.1, -0.05) is 72.8 Å². The van der Waals surface area contributed by atoms with E-state index in [1.807, 2.05) is 78.9 Å². The molecule has 1 N–H and O–H groups in total. The molecular weight excluding hydrogens is 412 g/mol. The molecule has 4 rings (SSSR count). The van der Waals surface area contributed by atoms with Crippen LogP contribution in [0.3, 0.4) is 0 Å². The molecule has 0 radical (unpaired) electrons. The van der Waals surface area contributed by atoms with Crippen LogP contribution in [0.15, 0.2) is 103 Å². The third-order valence-corrected chi connectivity index (χ3v) is 5.58. The summed E-state index contributed by atoms with van der Waals surface area (Å²) in [7, 11) is 0. The molecule has 33 heavy (non-hydrogen) atoms. The van der Waals surface area contributed by atoms with E-state index in [-0.39, 0.29) is 16.5 Å². The lowest BCUT2D eigenvalue weighted by Gasteiger charge is -2.09. The summed E-state index contributed by atoms with van der Waals surface area (Å²) in [6.07, 6.45) is 1.31. The van der Waals surface area contributed by atoms with E-state index in [1.54, 1.807) is 24.3 Å². The number of hydrogen-bond donors (Lipinski definition) is 1. The molecule has 1 amide bonds. The predicted molar refractivity (Wildman–Crippen MR) is 130 cm³/mol. The molecule has 0 bridgehead atoms. The third-order valence-electron chi connectivity index (χ3n) is 5.58. The van der Waals surface area contributed by atoms with Gasteiger partial charge in [0.1, 0.15) is 0 Å². The smallest absolute Gasteiger partial charge is 0.272 e. The lowest BCUT2D eigenvalue weighted by molar-refractivity contribution is -0.385. The highest BCUT2D eigenvalue weighted by atomic mass is 16.6. The van der Waals surface area contributed by atoms with Gasteiger partial charge in [-0.25, -0.2) is 0 Å². The van der Waals surface area contributed by atoms with E-state index in [1.165, 1.54) is 0 Å². The number of nitro groups is 1. The van der Waals surface area contributed by atoms with E-state index in [2.05, 4.69) is 5.32 Å². The van der Waals surface area contributed by atoms with Crippen molar-refractivity contribution in [3.63, 3.8) is 0 Å². The van der Waals surface area contributed by atoms with Crippen molar-refractivity contribution in [2.45, 2.75) is 19.4 Å². The van der Waals surface area contributed by atoms with Crippen LogP contribution in [0, 0.1) is 10.1 Å². The molecule has 0 saturated heterocycles. The quantitative estimate of drug-likeness (QED) is 0.273. The van der Waals surface area contributed by atoms with Gasteiger partial charge in [0.05, 0.1) is 4.92 Å². The van der Waals surface area contributed by atoms with E-state index in [9.17, 15) is 14.9 Å². The summed E-state index contributed by atoms with van der Waals surface area (Å²) in [5.74, 6) is -0.141. The molecule has 0 aromatic heterocycles. The Bertz CT molecular complexity index is 1240. The van der Waals surface area contributed by atoms with Crippen LogP contribution in [0.5, 0.6) is 0 Å². The number of rotatable bonds is 8. The van der Waals surface area contributed by atoms with Crippen molar-refractivity contribution in [2.75, 3.05) is 0 Å². The van der Waals surface area contributed by atoms with Crippen molar-refractivity contribution in [3.05, 3.63) is 135 Å². The maximum atomic E-state index is 12.5. The fourth-order valence-electron chi connectivity index (χ4n) is 3.76. The standard InChI is InChI=1S/C28H24N2O3/c31-28(29-20-22-9-5-2-6-10-22)24-15-13-23(14-16-24)25-17-18-27(30(32)33)26(19-25)12-11-21-7-3-1-4-8-21/h1-10,13-19H,11-12,20H2,(H,29,31). The maximum Gasteiger partial charge on any atom is 0.272 e. The molecule has 0 aliphatic carbocycles. The highest BCUT2D eigenvalue weighted by Crippen LogP contribution is 2.28. The number of nitrogens with zero attached hydrogens (tertiary/aromatic N) is 1. The maximum absolute atomic E-state index is 12.5. The Kier molecular flexibility index (Phi) is 6.90. The molecule has 5 heteroatoms. The van der Waals surface area contributed by atoms with Crippen molar-refractivity contribution in [2.24, 2.45) is 0 Å². The zero-order valence-corrected chi connectivity index (χ0v) is 18.1. The van der Waals surface area contributed by atoms with Gasteiger partial charge in [-0.3, -0.25) is 14.9 Å². The normalized spacial score (nSPS) is 10.5. The van der Waals surface area contributed by atoms with Gasteiger partial charge in [-0.15, -0.1) is 0 Å². The van der Waals surface area contributed by atoms with Crippen molar-refractivity contribution >= 4 is 11.6 Å². The minimum Gasteiger partial charge on any atom is -0.348 e. The number of carbonyl (C=O) groups excluding carboxylic acids is 1. The molecule has 0 spiro atoms. The van der Waals surface area contributed by atoms with Crippen LogP contribution in [0.25, 0.3) is 11.1 Å². The number of nitro benzene ring substituents is 1. The lowest BCUT2D eigenvalue weighted by Crippen LogP contribution is -2.22. The zero-order chi connectivity index (χ0) is 23.0. The number of carbonyl (C=O) groups is 1. The molecule has 0 heterocycles. The Labute approximate surface area is 192 Å². The van der Waals surface area contributed by atoms with Gasteiger partial charge >= 0.3 is 0 Å². The minimum atomic E-state index is -0.329. The van der Waals surface area contributed by atoms with Gasteiger partial charge in [-0.05, 0) is 59.4 Å². The van der Waals surface area contributed by atoms with E-state index >= 15 is 0 Å². The van der Waals surface area contributed by atoms with Crippen molar-refractivity contribution in [3.8, 4) is 11.1 Å². The summed E-state index contributed by atoms with van der Waals surface area (Å²) in [4.78, 5) is 23.7. The molecule has 0 unspecified atom stereocenters. The Morgan fingerprint density at radius 3 is 1.97 bits per heavy atom. The third kappa shape index (κ3) is 5.71. The lowest BCUT2D eigenvalue weighted by atomic mass is 9.97. The molecule has 0 saturated carbocycles. The fourth-order valence-corrected chi connectivity index (χ4v) is 3.76. The van der Waals surface area contributed by atoms with Crippen molar-refractivity contribution in [1.82, 2.24) is 5.32 Å². The number of amides is 1. The van der Waals surface area contributed by atoms with Crippen LogP contribution in [0.2, 0.25) is 0 Å². The topological polar surface area (TPSA) is 72.2 Å². The predicted octanol–water partition coefficient (Wildman–Crippen LogP) is 5.98. The number of benzene rings is 4. The average Bonchev–Trinajstić information content (AvgIpc) is 2.87. The minimum absolute atomic E-state index is 0.131. The summed E-state index contributed by atoms with van der Waals surface area (Å²) in [6, 6.07) is 32.2. The molecular formula is C28H24N2O3. The first-order valence-corrected chi connectivity index (χ1v) is 10.8. The first kappa shape index (κ1) is 22.0. The molecule has 0 aliphatic heterocycles. The summed E-state index contributed by atoms with van der Waals surface area (Å²) >= 11 is 0. The molecule has 0 aliphatic rings. The van der Waals surface area contributed by atoms with E-state index < -0.39 is 0 Å². The van der Waals surface area contributed by atoms with Crippen molar-refractivity contribution < 1.29 is 9.72 Å². The van der Waals surface area contributed by atoms with E-state index in [0.29, 0.717) is 24.1 Å². The molecule has 0 fully saturated rings. The summed E-state index contributed by atoms with van der Waals surface area (Å²) < 4.78 is 0. The number of hydrogen-bond acceptors (Lipinski definition) is 3. The number of aryl methyl sites for hydroxylation is 2. The molecule has 5 nitrogen and oxygen atoms in total. The average molecular weight is 437 g/mol. The second kappa shape index (κ2) is 10.4. The molecule has 4 aromatic carbocycles. The Morgan fingerprint density at radius 2 is 1.33 bits per heavy atom. The first-order valence-electron chi connectivity index (χ1n) is 10.8. The second-order valence-electron chi connectivity index (χ2n) is 7.83. The summed E-state index contributed by atoms with van der Waals surface area (Å²) in [5.41, 5.74) is 5.38. The number of nitrogens with one attached hydrogen (secondary N) is 1. The van der Waals surface area contributed by atoms with Gasteiger partial charge in [0.15, 0.2) is 0 Å². The molecule has 0 atom stereocenters. The van der Waals surface area contributed by atoms with Crippen LogP contribution < -0.4 is 5.32 Å². The fraction of sp³-hybridized carbons (Fsp3) is 0.107. The highest BCUT2D eigenvalue weighted by molar-refractivity contribution is 5.94. The second-order valence-corrected chi connectivity index (χ2v) is 7.83. The summed E-state index contributed by atoms with van der Waals surface area (Å²) in [5, 5.41) is 14.4. The molecule has 4 aromatic rings. The highest BCUT2D eigenvalue weighted by Gasteiger charge is 2.15. The van der Waals surface area contributed by atoms with Gasteiger partial charge in [-0.2, -0.15) is 0 Å². The Morgan fingerprint density at radius 1 is 0.727 bits per heavy atom. The Hall–Kier alpha value is -4.25.